The summed E-state index contributed by atoms with van der Waals surface area (Å²) in [5.41, 5.74) is 0.905. The van der Waals surface area contributed by atoms with Crippen LogP contribution in [0.1, 0.15) is 9.43 Å². The topological polar surface area (TPSA) is 22.1 Å². The molecule has 1 aromatic heterocycles. The van der Waals surface area contributed by atoms with E-state index >= 15 is 0 Å². The molecule has 0 saturated carbocycles. The number of hydrogen-bond donors (Lipinski definition) is 0. The molecule has 0 atom stereocenters. The zero-order chi connectivity index (χ0) is 9.14. The Balaban J connectivity index is 3.02. The SMILES string of the molecule is COc1ccc(C(Br)Br)nc1Br. The van der Waals surface area contributed by atoms with E-state index in [1.807, 2.05) is 12.1 Å². The molecule has 0 aliphatic heterocycles. The summed E-state index contributed by atoms with van der Waals surface area (Å²) in [5, 5.41) is 0. The molecule has 12 heavy (non-hydrogen) atoms. The Morgan fingerprint density at radius 1 is 1.42 bits per heavy atom. The molecule has 0 saturated heterocycles. The van der Waals surface area contributed by atoms with Crippen LogP contribution in [-0.2, 0) is 0 Å². The monoisotopic (exact) mass is 357 g/mol. The van der Waals surface area contributed by atoms with Crippen molar-refractivity contribution in [1.82, 2.24) is 4.98 Å². The van der Waals surface area contributed by atoms with Crippen molar-refractivity contribution in [3.63, 3.8) is 0 Å². The number of hydrogen-bond acceptors (Lipinski definition) is 2. The molecule has 0 radical (unpaired) electrons. The second-order valence-corrected chi connectivity index (χ2v) is 5.84. The van der Waals surface area contributed by atoms with Crippen molar-refractivity contribution in [2.45, 2.75) is 3.74 Å². The maximum atomic E-state index is 5.04. The van der Waals surface area contributed by atoms with Gasteiger partial charge >= 0.3 is 0 Å². The van der Waals surface area contributed by atoms with Gasteiger partial charge in [0.15, 0.2) is 5.75 Å². The lowest BCUT2D eigenvalue weighted by Crippen LogP contribution is -1.91. The van der Waals surface area contributed by atoms with Gasteiger partial charge in [-0.15, -0.1) is 0 Å². The maximum absolute atomic E-state index is 5.04. The predicted molar refractivity (Wildman–Crippen MR) is 59.1 cm³/mol. The van der Waals surface area contributed by atoms with Crippen LogP contribution in [0.3, 0.4) is 0 Å². The van der Waals surface area contributed by atoms with Crippen molar-refractivity contribution in [3.8, 4) is 5.75 Å². The minimum atomic E-state index is 0.0761. The average Bonchev–Trinajstić information content (AvgIpc) is 2.04. The molecule has 1 aromatic rings. The fourth-order valence-corrected chi connectivity index (χ4v) is 1.72. The Bertz CT molecular complexity index is 277. The fourth-order valence-electron chi connectivity index (χ4n) is 0.709. The first kappa shape index (κ1) is 10.5. The molecule has 1 heterocycles. The molecule has 0 bridgehead atoms. The zero-order valence-electron chi connectivity index (χ0n) is 6.22. The first-order chi connectivity index (χ1) is 5.65. The molecule has 5 heteroatoms. The number of rotatable bonds is 2. The van der Waals surface area contributed by atoms with Gasteiger partial charge < -0.3 is 4.74 Å². The first-order valence-corrected chi connectivity index (χ1v) is 5.76. The summed E-state index contributed by atoms with van der Waals surface area (Å²) in [6.07, 6.45) is 0. The standard InChI is InChI=1S/C7H6Br3NO/c1-12-5-3-2-4(6(8)9)11-7(5)10/h2-3,6H,1H3. The van der Waals surface area contributed by atoms with E-state index in [0.29, 0.717) is 4.60 Å². The van der Waals surface area contributed by atoms with E-state index in [0.717, 1.165) is 11.4 Å². The first-order valence-electron chi connectivity index (χ1n) is 3.13. The van der Waals surface area contributed by atoms with Gasteiger partial charge in [-0.1, -0.05) is 31.9 Å². The summed E-state index contributed by atoms with van der Waals surface area (Å²) < 4.78 is 5.83. The zero-order valence-corrected chi connectivity index (χ0v) is 11.0. The van der Waals surface area contributed by atoms with E-state index in [1.165, 1.54) is 0 Å². The smallest absolute Gasteiger partial charge is 0.151 e. The van der Waals surface area contributed by atoms with Crippen molar-refractivity contribution in [2.75, 3.05) is 7.11 Å². The highest BCUT2D eigenvalue weighted by molar-refractivity contribution is 9.24. The van der Waals surface area contributed by atoms with Crippen LogP contribution in [0.5, 0.6) is 5.75 Å². The number of ether oxygens (including phenoxy) is 1. The van der Waals surface area contributed by atoms with E-state index in [1.54, 1.807) is 7.11 Å². The largest absolute Gasteiger partial charge is 0.494 e. The summed E-state index contributed by atoms with van der Waals surface area (Å²) in [6, 6.07) is 3.75. The van der Waals surface area contributed by atoms with Crippen LogP contribution < -0.4 is 4.74 Å². The van der Waals surface area contributed by atoms with Gasteiger partial charge in [-0.25, -0.2) is 4.98 Å². The van der Waals surface area contributed by atoms with Crippen LogP contribution in [0.4, 0.5) is 0 Å². The highest BCUT2D eigenvalue weighted by Gasteiger charge is 2.07. The van der Waals surface area contributed by atoms with E-state index < -0.39 is 0 Å². The number of methoxy groups -OCH3 is 1. The van der Waals surface area contributed by atoms with Crippen LogP contribution in [-0.4, -0.2) is 12.1 Å². The molecule has 0 aliphatic rings. The van der Waals surface area contributed by atoms with Crippen LogP contribution in [0.25, 0.3) is 0 Å². The molecule has 0 amide bonds. The summed E-state index contributed by atoms with van der Waals surface area (Å²) in [6.45, 7) is 0. The summed E-state index contributed by atoms with van der Waals surface area (Å²) >= 11 is 10.0. The summed E-state index contributed by atoms with van der Waals surface area (Å²) in [7, 11) is 1.61. The van der Waals surface area contributed by atoms with Gasteiger partial charge in [0.1, 0.15) is 8.34 Å². The highest BCUT2D eigenvalue weighted by atomic mass is 79.9. The quantitative estimate of drug-likeness (QED) is 0.594. The van der Waals surface area contributed by atoms with Gasteiger partial charge in [0.05, 0.1) is 12.8 Å². The number of halogens is 3. The third-order valence-corrected chi connectivity index (χ3v) is 2.79. The van der Waals surface area contributed by atoms with Gasteiger partial charge in [-0.3, -0.25) is 0 Å². The van der Waals surface area contributed by atoms with Crippen molar-refractivity contribution < 1.29 is 4.74 Å². The van der Waals surface area contributed by atoms with Crippen LogP contribution >= 0.6 is 47.8 Å². The van der Waals surface area contributed by atoms with E-state index in [-0.39, 0.29) is 3.74 Å². The molecule has 0 spiro atoms. The third-order valence-electron chi connectivity index (χ3n) is 1.28. The van der Waals surface area contributed by atoms with Gasteiger partial charge in [0, 0.05) is 0 Å². The number of pyridine rings is 1. The minimum Gasteiger partial charge on any atom is -0.494 e. The number of nitrogens with zero attached hydrogens (tertiary/aromatic N) is 1. The second-order valence-electron chi connectivity index (χ2n) is 2.03. The Labute approximate surface area is 96.1 Å². The Morgan fingerprint density at radius 3 is 2.50 bits per heavy atom. The molecule has 0 aliphatic carbocycles. The van der Waals surface area contributed by atoms with Crippen LogP contribution in [0, 0.1) is 0 Å². The maximum Gasteiger partial charge on any atom is 0.151 e. The van der Waals surface area contributed by atoms with Gasteiger partial charge in [0.25, 0.3) is 0 Å². The molecule has 0 fully saturated rings. The highest BCUT2D eigenvalue weighted by Crippen LogP contribution is 2.31. The van der Waals surface area contributed by atoms with Crippen molar-refractivity contribution in [3.05, 3.63) is 22.4 Å². The van der Waals surface area contributed by atoms with E-state index in [4.69, 9.17) is 4.74 Å². The normalized spacial score (nSPS) is 10.4. The molecular formula is C7H6Br3NO. The van der Waals surface area contributed by atoms with Crippen LogP contribution in [0.15, 0.2) is 16.7 Å². The Morgan fingerprint density at radius 2 is 2.08 bits per heavy atom. The lowest BCUT2D eigenvalue weighted by Gasteiger charge is -2.05. The lowest BCUT2D eigenvalue weighted by molar-refractivity contribution is 0.409. The molecule has 0 N–H and O–H groups in total. The van der Waals surface area contributed by atoms with Gasteiger partial charge in [-0.2, -0.15) is 0 Å². The van der Waals surface area contributed by atoms with Crippen molar-refractivity contribution in [1.29, 1.82) is 0 Å². The molecule has 1 rings (SSSR count). The Hall–Kier alpha value is 0.390. The molecule has 0 unspecified atom stereocenters. The Kier molecular flexibility index (Phi) is 3.99. The summed E-state index contributed by atoms with van der Waals surface area (Å²) in [4.78, 5) is 4.24. The lowest BCUT2D eigenvalue weighted by atomic mass is 10.4. The van der Waals surface area contributed by atoms with Gasteiger partial charge in [-0.05, 0) is 28.1 Å². The number of alkyl halides is 2. The summed E-state index contributed by atoms with van der Waals surface area (Å²) in [5.74, 6) is 0.736. The van der Waals surface area contributed by atoms with E-state index in [9.17, 15) is 0 Å². The second kappa shape index (κ2) is 4.58. The fraction of sp³-hybridized carbons (Fsp3) is 0.286. The van der Waals surface area contributed by atoms with E-state index in [2.05, 4.69) is 52.8 Å². The number of aromatic nitrogens is 1. The average molecular weight is 360 g/mol. The molecular weight excluding hydrogens is 354 g/mol. The van der Waals surface area contributed by atoms with Crippen molar-refractivity contribution >= 4 is 47.8 Å². The molecule has 66 valence electrons. The van der Waals surface area contributed by atoms with Crippen molar-refractivity contribution in [2.24, 2.45) is 0 Å². The van der Waals surface area contributed by atoms with Gasteiger partial charge in [0.2, 0.25) is 0 Å². The predicted octanol–water partition coefficient (Wildman–Crippen LogP) is 3.64. The molecule has 0 aromatic carbocycles. The third kappa shape index (κ3) is 2.44. The molecule has 2 nitrogen and oxygen atoms in total. The minimum absolute atomic E-state index is 0.0761. The van der Waals surface area contributed by atoms with Crippen LogP contribution in [0.2, 0.25) is 0 Å².